The van der Waals surface area contributed by atoms with Crippen molar-refractivity contribution in [2.75, 3.05) is 4.90 Å². The number of sulfonamides is 1. The second kappa shape index (κ2) is 9.56. The molecule has 1 amide bonds. The minimum Gasteiger partial charge on any atom is -0.507 e. The molecule has 2 aromatic carbocycles. The molecular formula is C26H25N3O6S. The first-order valence-electron chi connectivity index (χ1n) is 11.1. The molecule has 1 aromatic heterocycles. The lowest BCUT2D eigenvalue weighted by Gasteiger charge is -2.25. The predicted molar refractivity (Wildman–Crippen MR) is 134 cm³/mol. The number of Topliss-reactive ketones (excluding diaryl/α,β-unsaturated/α-hetero) is 1. The zero-order valence-corrected chi connectivity index (χ0v) is 20.7. The van der Waals surface area contributed by atoms with Gasteiger partial charge in [0, 0.05) is 23.6 Å². The molecule has 1 aliphatic rings. The van der Waals surface area contributed by atoms with E-state index < -0.39 is 27.8 Å². The molecule has 1 unspecified atom stereocenters. The number of carbonyl (C=O) groups excluding carboxylic acids is 2. The fourth-order valence-corrected chi connectivity index (χ4v) is 4.61. The lowest BCUT2D eigenvalue weighted by molar-refractivity contribution is -0.132. The van der Waals surface area contributed by atoms with Crippen molar-refractivity contribution in [3.63, 3.8) is 0 Å². The average molecular weight is 508 g/mol. The summed E-state index contributed by atoms with van der Waals surface area (Å²) in [5, 5.41) is 16.5. The summed E-state index contributed by atoms with van der Waals surface area (Å²) in [6.45, 7) is 5.62. The van der Waals surface area contributed by atoms with Crippen molar-refractivity contribution in [1.82, 2.24) is 4.98 Å². The van der Waals surface area contributed by atoms with E-state index in [1.807, 2.05) is 20.8 Å². The number of hydrogen-bond donors (Lipinski definition) is 2. The molecule has 186 valence electrons. The number of nitrogens with two attached hydrogens (primary N) is 1. The van der Waals surface area contributed by atoms with Crippen molar-refractivity contribution < 1.29 is 27.9 Å². The quantitative estimate of drug-likeness (QED) is 0.296. The Hall–Kier alpha value is -4.02. The van der Waals surface area contributed by atoms with Crippen LogP contribution in [0.2, 0.25) is 0 Å². The monoisotopic (exact) mass is 507 g/mol. The van der Waals surface area contributed by atoms with Gasteiger partial charge in [-0.05, 0) is 86.5 Å². The first-order chi connectivity index (χ1) is 17.0. The van der Waals surface area contributed by atoms with Gasteiger partial charge in [0.1, 0.15) is 11.5 Å². The topological polar surface area (TPSA) is 140 Å². The van der Waals surface area contributed by atoms with Crippen molar-refractivity contribution in [1.29, 1.82) is 0 Å². The van der Waals surface area contributed by atoms with E-state index in [9.17, 15) is 23.1 Å². The van der Waals surface area contributed by atoms with Crippen LogP contribution < -0.4 is 14.8 Å². The second-order valence-electron chi connectivity index (χ2n) is 8.64. The normalized spacial score (nSPS) is 17.6. The van der Waals surface area contributed by atoms with Crippen LogP contribution in [0.5, 0.6) is 5.75 Å². The molecule has 0 bridgehead atoms. The van der Waals surface area contributed by atoms with Gasteiger partial charge in [-0.3, -0.25) is 19.5 Å². The van der Waals surface area contributed by atoms with Crippen LogP contribution in [0, 0.1) is 6.92 Å². The Balaban J connectivity index is 1.87. The molecule has 1 atom stereocenters. The minimum absolute atomic E-state index is 0.0409. The molecule has 0 saturated carbocycles. The third-order valence-electron chi connectivity index (χ3n) is 5.72. The highest BCUT2D eigenvalue weighted by molar-refractivity contribution is 7.89. The van der Waals surface area contributed by atoms with E-state index >= 15 is 0 Å². The molecule has 1 saturated heterocycles. The standard InChI is InChI=1S/C26H25N3O6S/c1-15(2)35-21-9-4-18(14-16(21)3)24(30)22-23(17-10-12-28-13-11-17)29(26(32)25(22)31)19-5-7-20(8-6-19)36(27,33)34/h4-15,23,30H,1-3H3,(H2,27,33,34)/b24-22+. The number of amides is 1. The fourth-order valence-electron chi connectivity index (χ4n) is 4.09. The molecule has 3 N–H and O–H groups in total. The molecule has 0 aliphatic carbocycles. The summed E-state index contributed by atoms with van der Waals surface area (Å²) >= 11 is 0. The Kier molecular flexibility index (Phi) is 6.66. The SMILES string of the molecule is Cc1cc(/C(O)=C2\C(=O)C(=O)N(c3ccc(S(N)(=O)=O)cc3)C2c2ccncc2)ccc1OC(C)C. The van der Waals surface area contributed by atoms with Crippen LogP contribution in [0.15, 0.2) is 77.5 Å². The number of anilines is 1. The summed E-state index contributed by atoms with van der Waals surface area (Å²) in [6, 6.07) is 12.6. The third-order valence-corrected chi connectivity index (χ3v) is 6.65. The number of pyridine rings is 1. The van der Waals surface area contributed by atoms with Gasteiger partial charge >= 0.3 is 0 Å². The van der Waals surface area contributed by atoms with Crippen molar-refractivity contribution in [3.05, 3.63) is 89.3 Å². The molecule has 4 rings (SSSR count). The zero-order valence-electron chi connectivity index (χ0n) is 19.9. The van der Waals surface area contributed by atoms with E-state index in [-0.39, 0.29) is 28.0 Å². The number of ether oxygens (including phenoxy) is 1. The van der Waals surface area contributed by atoms with Gasteiger partial charge in [0.05, 0.1) is 22.6 Å². The van der Waals surface area contributed by atoms with Gasteiger partial charge in [-0.15, -0.1) is 0 Å². The zero-order chi connectivity index (χ0) is 26.2. The van der Waals surface area contributed by atoms with E-state index in [0.29, 0.717) is 16.9 Å². The lowest BCUT2D eigenvalue weighted by atomic mass is 9.95. The Bertz CT molecular complexity index is 1470. The first kappa shape index (κ1) is 25.1. The molecule has 36 heavy (non-hydrogen) atoms. The number of aryl methyl sites for hydroxylation is 1. The number of benzene rings is 2. The van der Waals surface area contributed by atoms with Crippen molar-refractivity contribution in [2.24, 2.45) is 5.14 Å². The van der Waals surface area contributed by atoms with Gasteiger partial charge in [0.15, 0.2) is 0 Å². The molecule has 1 fully saturated rings. The number of rotatable bonds is 6. The van der Waals surface area contributed by atoms with Crippen molar-refractivity contribution >= 4 is 33.2 Å². The molecule has 2 heterocycles. The molecule has 9 nitrogen and oxygen atoms in total. The highest BCUT2D eigenvalue weighted by Gasteiger charge is 2.47. The number of aromatic nitrogens is 1. The third kappa shape index (κ3) is 4.73. The molecule has 0 spiro atoms. The summed E-state index contributed by atoms with van der Waals surface area (Å²) in [6.07, 6.45) is 2.99. The number of ketones is 1. The molecule has 3 aromatic rings. The number of aliphatic hydroxyl groups is 1. The molecule has 1 aliphatic heterocycles. The van der Waals surface area contributed by atoms with Crippen LogP contribution in [-0.4, -0.2) is 36.3 Å². The van der Waals surface area contributed by atoms with Crippen LogP contribution in [0.4, 0.5) is 5.69 Å². The maximum atomic E-state index is 13.2. The van der Waals surface area contributed by atoms with E-state index in [2.05, 4.69) is 4.98 Å². The van der Waals surface area contributed by atoms with E-state index in [4.69, 9.17) is 9.88 Å². The van der Waals surface area contributed by atoms with Gasteiger partial charge in [-0.1, -0.05) is 0 Å². The Morgan fingerprint density at radius 1 is 1.06 bits per heavy atom. The molecule has 10 heteroatoms. The van der Waals surface area contributed by atoms with Gasteiger partial charge in [0.25, 0.3) is 11.7 Å². The summed E-state index contributed by atoms with van der Waals surface area (Å²) in [5.41, 5.74) is 1.81. The number of primary sulfonamides is 1. The Morgan fingerprint density at radius 2 is 1.69 bits per heavy atom. The van der Waals surface area contributed by atoms with Gasteiger partial charge in [-0.25, -0.2) is 13.6 Å². The summed E-state index contributed by atoms with van der Waals surface area (Å²) in [7, 11) is -3.95. The van der Waals surface area contributed by atoms with E-state index in [0.717, 1.165) is 5.56 Å². The fraction of sp³-hybridized carbons (Fsp3) is 0.192. The van der Waals surface area contributed by atoms with Gasteiger partial charge in [-0.2, -0.15) is 0 Å². The minimum atomic E-state index is -3.95. The highest BCUT2D eigenvalue weighted by Crippen LogP contribution is 2.42. The number of aliphatic hydroxyl groups excluding tert-OH is 1. The van der Waals surface area contributed by atoms with Crippen LogP contribution in [0.1, 0.15) is 36.6 Å². The van der Waals surface area contributed by atoms with Gasteiger partial charge < -0.3 is 9.84 Å². The maximum Gasteiger partial charge on any atom is 0.300 e. The van der Waals surface area contributed by atoms with Crippen LogP contribution in [0.3, 0.4) is 0 Å². The molecular weight excluding hydrogens is 482 g/mol. The van der Waals surface area contributed by atoms with Gasteiger partial charge in [0.2, 0.25) is 10.0 Å². The van der Waals surface area contributed by atoms with E-state index in [1.165, 1.54) is 41.6 Å². The lowest BCUT2D eigenvalue weighted by Crippen LogP contribution is -2.29. The number of hydrogen-bond acceptors (Lipinski definition) is 7. The molecule has 0 radical (unpaired) electrons. The highest BCUT2D eigenvalue weighted by atomic mass is 32.2. The number of nitrogens with zero attached hydrogens (tertiary/aromatic N) is 2. The predicted octanol–water partition coefficient (Wildman–Crippen LogP) is 3.45. The van der Waals surface area contributed by atoms with Crippen molar-refractivity contribution in [3.8, 4) is 5.75 Å². The first-order valence-corrected chi connectivity index (χ1v) is 12.6. The average Bonchev–Trinajstić information content (AvgIpc) is 3.10. The summed E-state index contributed by atoms with van der Waals surface area (Å²) < 4.78 is 29.1. The number of carbonyl (C=O) groups is 2. The summed E-state index contributed by atoms with van der Waals surface area (Å²) in [4.78, 5) is 31.5. The second-order valence-corrected chi connectivity index (χ2v) is 10.2. The van der Waals surface area contributed by atoms with Crippen LogP contribution >= 0.6 is 0 Å². The largest absolute Gasteiger partial charge is 0.507 e. The smallest absolute Gasteiger partial charge is 0.300 e. The van der Waals surface area contributed by atoms with Crippen LogP contribution in [-0.2, 0) is 19.6 Å². The van der Waals surface area contributed by atoms with Crippen molar-refractivity contribution in [2.45, 2.75) is 37.8 Å². The Morgan fingerprint density at radius 3 is 2.25 bits per heavy atom. The van der Waals surface area contributed by atoms with E-state index in [1.54, 1.807) is 30.3 Å². The maximum absolute atomic E-state index is 13.2. The Labute approximate surface area is 208 Å². The van der Waals surface area contributed by atoms with Crippen LogP contribution in [0.25, 0.3) is 5.76 Å². The summed E-state index contributed by atoms with van der Waals surface area (Å²) in [5.74, 6) is -1.43.